The van der Waals surface area contributed by atoms with E-state index in [4.69, 9.17) is 16.1 Å². The molecule has 0 amide bonds. The molecular formula is C15H17ClN2OS. The number of thioether (sulfide) groups is 1. The normalized spacial score (nSPS) is 19.1. The summed E-state index contributed by atoms with van der Waals surface area (Å²) in [6.07, 6.45) is 2.55. The molecule has 0 saturated carbocycles. The van der Waals surface area contributed by atoms with Crippen LogP contribution in [0, 0.1) is 0 Å². The Bertz CT molecular complexity index is 567. The van der Waals surface area contributed by atoms with E-state index in [2.05, 4.69) is 10.5 Å². The van der Waals surface area contributed by atoms with Gasteiger partial charge in [0.25, 0.3) is 0 Å². The molecule has 20 heavy (non-hydrogen) atoms. The van der Waals surface area contributed by atoms with Crippen LogP contribution in [0.25, 0.3) is 11.3 Å². The molecule has 0 bridgehead atoms. The maximum atomic E-state index is 6.16. The molecule has 1 aliphatic rings. The maximum Gasteiger partial charge on any atom is 0.168 e. The lowest BCUT2D eigenvalue weighted by Crippen LogP contribution is -2.33. The lowest BCUT2D eigenvalue weighted by molar-refractivity contribution is 0.414. The predicted molar refractivity (Wildman–Crippen MR) is 84.1 cm³/mol. The van der Waals surface area contributed by atoms with Gasteiger partial charge in [-0.15, -0.1) is 0 Å². The summed E-state index contributed by atoms with van der Waals surface area (Å²) in [5.74, 6) is 3.21. The Morgan fingerprint density at radius 3 is 3.10 bits per heavy atom. The number of hydrogen-bond donors (Lipinski definition) is 1. The van der Waals surface area contributed by atoms with E-state index in [1.54, 1.807) is 0 Å². The topological polar surface area (TPSA) is 38.1 Å². The molecule has 1 aromatic heterocycles. The van der Waals surface area contributed by atoms with Crippen molar-refractivity contribution in [3.05, 3.63) is 41.0 Å². The van der Waals surface area contributed by atoms with Crippen LogP contribution in [0.2, 0.25) is 5.02 Å². The van der Waals surface area contributed by atoms with Gasteiger partial charge < -0.3 is 9.84 Å². The number of nitrogens with zero attached hydrogens (tertiary/aromatic N) is 1. The van der Waals surface area contributed by atoms with Gasteiger partial charge >= 0.3 is 0 Å². The molecule has 2 aromatic rings. The minimum absolute atomic E-state index is 0.592. The molecular weight excluding hydrogens is 292 g/mol. The average Bonchev–Trinajstić information content (AvgIpc) is 2.95. The zero-order chi connectivity index (χ0) is 13.8. The van der Waals surface area contributed by atoms with E-state index in [-0.39, 0.29) is 0 Å². The molecule has 0 aliphatic carbocycles. The van der Waals surface area contributed by atoms with Crippen molar-refractivity contribution in [3.63, 3.8) is 0 Å². The number of hydrogen-bond acceptors (Lipinski definition) is 4. The summed E-state index contributed by atoms with van der Waals surface area (Å²) < 4.78 is 5.39. The highest BCUT2D eigenvalue weighted by Gasteiger charge is 2.14. The molecule has 0 radical (unpaired) electrons. The van der Waals surface area contributed by atoms with Crippen LogP contribution < -0.4 is 5.32 Å². The Hall–Kier alpha value is -0.970. The van der Waals surface area contributed by atoms with Crippen molar-refractivity contribution in [2.75, 3.05) is 11.5 Å². The highest BCUT2D eigenvalue weighted by molar-refractivity contribution is 7.99. The third kappa shape index (κ3) is 3.37. The minimum Gasteiger partial charge on any atom is -0.356 e. The molecule has 1 fully saturated rings. The minimum atomic E-state index is 0.592. The Balaban J connectivity index is 1.63. The molecule has 5 heteroatoms. The molecule has 1 aliphatic heterocycles. The maximum absolute atomic E-state index is 6.16. The quantitative estimate of drug-likeness (QED) is 0.927. The van der Waals surface area contributed by atoms with E-state index >= 15 is 0 Å². The first-order valence-electron chi connectivity index (χ1n) is 6.84. The van der Waals surface area contributed by atoms with Crippen LogP contribution in [0.15, 0.2) is 34.9 Å². The fraction of sp³-hybridized carbons (Fsp3) is 0.400. The highest BCUT2D eigenvalue weighted by Crippen LogP contribution is 2.28. The third-order valence-corrected chi connectivity index (χ3v) is 4.98. The monoisotopic (exact) mass is 308 g/mol. The molecule has 3 nitrogen and oxygen atoms in total. The highest BCUT2D eigenvalue weighted by atomic mass is 35.5. The van der Waals surface area contributed by atoms with Gasteiger partial charge in [-0.1, -0.05) is 28.9 Å². The van der Waals surface area contributed by atoms with Gasteiger partial charge in [0.2, 0.25) is 0 Å². The Morgan fingerprint density at radius 1 is 1.40 bits per heavy atom. The molecule has 1 aromatic carbocycles. The van der Waals surface area contributed by atoms with Crippen molar-refractivity contribution in [1.82, 2.24) is 10.5 Å². The van der Waals surface area contributed by atoms with Crippen molar-refractivity contribution >= 4 is 23.4 Å². The molecule has 3 rings (SSSR count). The van der Waals surface area contributed by atoms with E-state index < -0.39 is 0 Å². The zero-order valence-corrected chi connectivity index (χ0v) is 12.7. The van der Waals surface area contributed by atoms with Gasteiger partial charge in [0.15, 0.2) is 5.76 Å². The summed E-state index contributed by atoms with van der Waals surface area (Å²) in [6.45, 7) is 0.749. The van der Waals surface area contributed by atoms with Crippen molar-refractivity contribution in [2.45, 2.75) is 25.4 Å². The predicted octanol–water partition coefficient (Wildman–Crippen LogP) is 3.98. The van der Waals surface area contributed by atoms with Crippen molar-refractivity contribution < 1.29 is 4.52 Å². The molecule has 1 atom stereocenters. The second kappa shape index (κ2) is 6.66. The van der Waals surface area contributed by atoms with Gasteiger partial charge in [0.05, 0.1) is 10.7 Å². The van der Waals surface area contributed by atoms with Gasteiger partial charge in [-0.05, 0) is 30.7 Å². The SMILES string of the molecule is Clc1ccccc1-c1cc(CNC2CCCSC2)no1. The molecule has 1 unspecified atom stereocenters. The lowest BCUT2D eigenvalue weighted by atomic mass is 10.1. The third-order valence-electron chi connectivity index (χ3n) is 3.43. The molecule has 2 heterocycles. The van der Waals surface area contributed by atoms with Crippen molar-refractivity contribution in [2.24, 2.45) is 0 Å². The van der Waals surface area contributed by atoms with Crippen LogP contribution >= 0.6 is 23.4 Å². The number of nitrogens with one attached hydrogen (secondary N) is 1. The van der Waals surface area contributed by atoms with Gasteiger partial charge in [-0.25, -0.2) is 0 Å². The molecule has 1 N–H and O–H groups in total. The average molecular weight is 309 g/mol. The summed E-state index contributed by atoms with van der Waals surface area (Å²) in [7, 11) is 0. The van der Waals surface area contributed by atoms with Crippen LogP contribution in [0.5, 0.6) is 0 Å². The summed E-state index contributed by atoms with van der Waals surface area (Å²) in [6, 6.07) is 10.2. The fourth-order valence-corrected chi connectivity index (χ4v) is 3.67. The van der Waals surface area contributed by atoms with Gasteiger partial charge in [-0.3, -0.25) is 0 Å². The standard InChI is InChI=1S/C15H17ClN2OS/c16-14-6-2-1-5-13(14)15-8-12(18-19-15)9-17-11-4-3-7-20-10-11/h1-2,5-6,8,11,17H,3-4,7,9-10H2. The number of rotatable bonds is 4. The summed E-state index contributed by atoms with van der Waals surface area (Å²) in [5.41, 5.74) is 1.82. The van der Waals surface area contributed by atoms with Crippen molar-refractivity contribution in [3.8, 4) is 11.3 Å². The number of aromatic nitrogens is 1. The van der Waals surface area contributed by atoms with Gasteiger partial charge in [0.1, 0.15) is 0 Å². The lowest BCUT2D eigenvalue weighted by Gasteiger charge is -2.21. The molecule has 0 spiro atoms. The van der Waals surface area contributed by atoms with Crippen LogP contribution in [0.3, 0.4) is 0 Å². The van der Waals surface area contributed by atoms with Gasteiger partial charge in [-0.2, -0.15) is 11.8 Å². The first-order valence-corrected chi connectivity index (χ1v) is 8.38. The first kappa shape index (κ1) is 14.0. The molecule has 1 saturated heterocycles. The van der Waals surface area contributed by atoms with Crippen LogP contribution in [0.1, 0.15) is 18.5 Å². The van der Waals surface area contributed by atoms with Gasteiger partial charge in [0, 0.05) is 30.0 Å². The Morgan fingerprint density at radius 2 is 2.30 bits per heavy atom. The van der Waals surface area contributed by atoms with Crippen molar-refractivity contribution in [1.29, 1.82) is 0 Å². The second-order valence-electron chi connectivity index (χ2n) is 4.96. The van der Waals surface area contributed by atoms with E-state index in [9.17, 15) is 0 Å². The number of benzene rings is 1. The summed E-state index contributed by atoms with van der Waals surface area (Å²) in [5, 5.41) is 8.34. The largest absolute Gasteiger partial charge is 0.356 e. The summed E-state index contributed by atoms with van der Waals surface area (Å²) in [4.78, 5) is 0. The molecule has 106 valence electrons. The number of halogens is 1. The Labute approximate surface area is 128 Å². The fourth-order valence-electron chi connectivity index (χ4n) is 2.33. The second-order valence-corrected chi connectivity index (χ2v) is 6.51. The summed E-state index contributed by atoms with van der Waals surface area (Å²) >= 11 is 8.18. The van der Waals surface area contributed by atoms with E-state index in [1.165, 1.54) is 24.3 Å². The van der Waals surface area contributed by atoms with Crippen LogP contribution in [0.4, 0.5) is 0 Å². The van der Waals surface area contributed by atoms with Crippen LogP contribution in [-0.4, -0.2) is 22.7 Å². The van der Waals surface area contributed by atoms with E-state index in [0.717, 1.165) is 23.6 Å². The Kier molecular flexibility index (Phi) is 4.65. The first-order chi connectivity index (χ1) is 9.83. The van der Waals surface area contributed by atoms with E-state index in [1.807, 2.05) is 42.1 Å². The van der Waals surface area contributed by atoms with E-state index in [0.29, 0.717) is 11.1 Å². The smallest absolute Gasteiger partial charge is 0.168 e. The zero-order valence-electron chi connectivity index (χ0n) is 11.1. The van der Waals surface area contributed by atoms with Crippen LogP contribution in [-0.2, 0) is 6.54 Å².